The number of benzene rings is 1. The van der Waals surface area contributed by atoms with Crippen LogP contribution in [0.15, 0.2) is 42.6 Å². The normalized spacial score (nSPS) is 20.1. The maximum atomic E-state index is 12.8. The Morgan fingerprint density at radius 1 is 1.36 bits per heavy atom. The van der Waals surface area contributed by atoms with E-state index in [4.69, 9.17) is 14.2 Å². The molecule has 3 atom stereocenters. The summed E-state index contributed by atoms with van der Waals surface area (Å²) in [6.45, 7) is 4.38. The maximum Gasteiger partial charge on any atom is 0.226 e. The fourth-order valence-corrected chi connectivity index (χ4v) is 3.43. The second-order valence-electron chi connectivity index (χ2n) is 7.00. The van der Waals surface area contributed by atoms with Crippen molar-refractivity contribution in [3.8, 4) is 5.75 Å². The molecule has 28 heavy (non-hydrogen) atoms. The number of ether oxygens (including phenoxy) is 3. The first kappa shape index (κ1) is 20.4. The molecule has 0 bridgehead atoms. The number of carbonyl (C=O) groups excluding carboxylic acids is 1. The highest BCUT2D eigenvalue weighted by molar-refractivity contribution is 5.79. The van der Waals surface area contributed by atoms with Gasteiger partial charge in [0.1, 0.15) is 18.0 Å². The first-order chi connectivity index (χ1) is 13.7. The Morgan fingerprint density at radius 2 is 2.18 bits per heavy atom. The second kappa shape index (κ2) is 10.2. The number of para-hydroxylation sites is 1. The fraction of sp³-hybridized carbons (Fsp3) is 0.524. The van der Waals surface area contributed by atoms with Crippen LogP contribution in [0.4, 0.5) is 0 Å². The number of aryl methyl sites for hydroxylation is 1. The van der Waals surface area contributed by atoms with Crippen molar-refractivity contribution in [2.45, 2.75) is 38.5 Å². The summed E-state index contributed by atoms with van der Waals surface area (Å²) >= 11 is 0. The van der Waals surface area contributed by atoms with Gasteiger partial charge in [-0.15, -0.1) is 0 Å². The van der Waals surface area contributed by atoms with Gasteiger partial charge >= 0.3 is 0 Å². The van der Waals surface area contributed by atoms with Gasteiger partial charge in [-0.2, -0.15) is 5.10 Å². The van der Waals surface area contributed by atoms with Gasteiger partial charge in [0.25, 0.3) is 0 Å². The Kier molecular flexibility index (Phi) is 7.45. The van der Waals surface area contributed by atoms with Crippen molar-refractivity contribution in [2.24, 2.45) is 5.92 Å². The van der Waals surface area contributed by atoms with Gasteiger partial charge in [0.2, 0.25) is 5.91 Å². The van der Waals surface area contributed by atoms with Crippen molar-refractivity contribution in [1.29, 1.82) is 0 Å². The lowest BCUT2D eigenvalue weighted by atomic mass is 9.98. The van der Waals surface area contributed by atoms with Gasteiger partial charge < -0.3 is 19.5 Å². The van der Waals surface area contributed by atoms with Crippen molar-refractivity contribution in [3.63, 3.8) is 0 Å². The third kappa shape index (κ3) is 5.33. The number of nitrogens with one attached hydrogen (secondary N) is 1. The van der Waals surface area contributed by atoms with Crippen molar-refractivity contribution >= 4 is 5.91 Å². The molecule has 0 spiro atoms. The molecule has 1 aliphatic heterocycles. The number of nitrogens with zero attached hydrogens (tertiary/aromatic N) is 2. The molecule has 1 amide bonds. The Hall–Kier alpha value is -2.38. The zero-order valence-corrected chi connectivity index (χ0v) is 16.5. The number of aromatic nitrogens is 2. The number of hydrogen-bond donors (Lipinski definition) is 1. The molecule has 1 N–H and O–H groups in total. The SMILES string of the molecule is COCCCn1nccc1[C@H]1OCC[C@@H]1C(=O)NCC(C)Oc1ccccc1. The van der Waals surface area contributed by atoms with Crippen LogP contribution >= 0.6 is 0 Å². The Balaban J connectivity index is 1.54. The van der Waals surface area contributed by atoms with E-state index in [1.807, 2.05) is 48.0 Å². The standard InChI is InChI=1S/C21H29N3O4/c1-16(28-17-7-4-3-5-8-17)15-22-21(25)18-10-14-27-20(18)19-9-11-23-24(19)12-6-13-26-2/h3-5,7-9,11,16,18,20H,6,10,12-15H2,1-2H3,(H,22,25)/t16?,18-,20-/m0/s1. The molecular weight excluding hydrogens is 358 g/mol. The minimum Gasteiger partial charge on any atom is -0.489 e. The van der Waals surface area contributed by atoms with Crippen molar-refractivity contribution in [1.82, 2.24) is 15.1 Å². The van der Waals surface area contributed by atoms with Gasteiger partial charge in [0, 0.05) is 33.1 Å². The predicted molar refractivity (Wildman–Crippen MR) is 105 cm³/mol. The van der Waals surface area contributed by atoms with Gasteiger partial charge in [-0.05, 0) is 38.0 Å². The first-order valence-corrected chi connectivity index (χ1v) is 9.80. The smallest absolute Gasteiger partial charge is 0.226 e. The maximum absolute atomic E-state index is 12.8. The average Bonchev–Trinajstić information content (AvgIpc) is 3.36. The minimum absolute atomic E-state index is 0.00402. The van der Waals surface area contributed by atoms with Gasteiger partial charge in [-0.25, -0.2) is 0 Å². The second-order valence-corrected chi connectivity index (χ2v) is 7.00. The highest BCUT2D eigenvalue weighted by atomic mass is 16.5. The third-order valence-electron chi connectivity index (χ3n) is 4.83. The van der Waals surface area contributed by atoms with Gasteiger partial charge in [0.15, 0.2) is 0 Å². The summed E-state index contributed by atoms with van der Waals surface area (Å²) in [6, 6.07) is 11.5. The van der Waals surface area contributed by atoms with Crippen LogP contribution in [0.5, 0.6) is 5.75 Å². The molecule has 1 aromatic carbocycles. The van der Waals surface area contributed by atoms with Gasteiger partial charge in [-0.3, -0.25) is 9.48 Å². The molecule has 3 rings (SSSR count). The molecule has 7 heteroatoms. The van der Waals surface area contributed by atoms with Crippen LogP contribution in [-0.4, -0.2) is 48.7 Å². The lowest BCUT2D eigenvalue weighted by Gasteiger charge is -2.21. The molecule has 0 saturated carbocycles. The van der Waals surface area contributed by atoms with Gasteiger partial charge in [-0.1, -0.05) is 18.2 Å². The molecule has 1 fully saturated rings. The molecule has 1 unspecified atom stereocenters. The molecule has 1 aliphatic rings. The van der Waals surface area contributed by atoms with Gasteiger partial charge in [0.05, 0.1) is 18.2 Å². The van der Waals surface area contributed by atoms with E-state index < -0.39 is 0 Å². The van der Waals surface area contributed by atoms with E-state index in [9.17, 15) is 4.79 Å². The van der Waals surface area contributed by atoms with Crippen LogP contribution in [0.2, 0.25) is 0 Å². The summed E-state index contributed by atoms with van der Waals surface area (Å²) in [5, 5.41) is 7.39. The molecule has 7 nitrogen and oxygen atoms in total. The Labute approximate surface area is 166 Å². The monoisotopic (exact) mass is 387 g/mol. The lowest BCUT2D eigenvalue weighted by Crippen LogP contribution is -2.38. The summed E-state index contributed by atoms with van der Waals surface area (Å²) in [6.07, 6.45) is 2.94. The van der Waals surface area contributed by atoms with Crippen LogP contribution in [0.1, 0.15) is 31.6 Å². The molecule has 0 radical (unpaired) electrons. The molecule has 2 heterocycles. The minimum atomic E-state index is -0.268. The fourth-order valence-electron chi connectivity index (χ4n) is 3.43. The molecular formula is C21H29N3O4. The highest BCUT2D eigenvalue weighted by Gasteiger charge is 2.37. The van der Waals surface area contributed by atoms with Crippen LogP contribution in [0.3, 0.4) is 0 Å². The molecule has 152 valence electrons. The summed E-state index contributed by atoms with van der Waals surface area (Å²) in [7, 11) is 1.69. The van der Waals surface area contributed by atoms with E-state index in [1.54, 1.807) is 13.3 Å². The predicted octanol–water partition coefficient (Wildman–Crippen LogP) is 2.58. The largest absolute Gasteiger partial charge is 0.489 e. The van der Waals surface area contributed by atoms with Crippen LogP contribution in [-0.2, 0) is 20.8 Å². The number of amides is 1. The lowest BCUT2D eigenvalue weighted by molar-refractivity contribution is -0.127. The summed E-state index contributed by atoms with van der Waals surface area (Å²) < 4.78 is 18.8. The number of hydrogen-bond acceptors (Lipinski definition) is 5. The Morgan fingerprint density at radius 3 is 2.96 bits per heavy atom. The zero-order valence-electron chi connectivity index (χ0n) is 16.5. The number of rotatable bonds is 10. The first-order valence-electron chi connectivity index (χ1n) is 9.80. The quantitative estimate of drug-likeness (QED) is 0.634. The van der Waals surface area contributed by atoms with Crippen molar-refractivity contribution in [3.05, 3.63) is 48.3 Å². The third-order valence-corrected chi connectivity index (χ3v) is 4.83. The van der Waals surface area contributed by atoms with Crippen molar-refractivity contribution in [2.75, 3.05) is 26.9 Å². The molecule has 1 aromatic heterocycles. The Bertz CT molecular complexity index is 734. The summed E-state index contributed by atoms with van der Waals surface area (Å²) in [5.74, 6) is 0.573. The summed E-state index contributed by atoms with van der Waals surface area (Å²) in [5.41, 5.74) is 0.947. The molecule has 1 saturated heterocycles. The van der Waals surface area contributed by atoms with Crippen LogP contribution in [0.25, 0.3) is 0 Å². The van der Waals surface area contributed by atoms with E-state index in [2.05, 4.69) is 10.4 Å². The van der Waals surface area contributed by atoms with E-state index >= 15 is 0 Å². The number of carbonyl (C=O) groups is 1. The van der Waals surface area contributed by atoms with E-state index in [-0.39, 0.29) is 24.0 Å². The van der Waals surface area contributed by atoms with Crippen LogP contribution in [0, 0.1) is 5.92 Å². The topological polar surface area (TPSA) is 74.6 Å². The van der Waals surface area contributed by atoms with Crippen molar-refractivity contribution < 1.29 is 19.0 Å². The molecule has 2 aromatic rings. The highest BCUT2D eigenvalue weighted by Crippen LogP contribution is 2.34. The zero-order chi connectivity index (χ0) is 19.8. The van der Waals surface area contributed by atoms with E-state index in [0.29, 0.717) is 26.2 Å². The van der Waals surface area contributed by atoms with E-state index in [1.165, 1.54) is 0 Å². The average molecular weight is 387 g/mol. The summed E-state index contributed by atoms with van der Waals surface area (Å²) in [4.78, 5) is 12.8. The van der Waals surface area contributed by atoms with Crippen LogP contribution < -0.4 is 10.1 Å². The number of methoxy groups -OCH3 is 1. The molecule has 0 aliphatic carbocycles. The van der Waals surface area contributed by atoms with E-state index in [0.717, 1.165) is 24.4 Å².